The number of carboxylic acid groups (broad SMARTS) is 1. The lowest BCUT2D eigenvalue weighted by atomic mass is 10.0. The van der Waals surface area contributed by atoms with Crippen LogP contribution < -0.4 is 5.32 Å². The van der Waals surface area contributed by atoms with Crippen molar-refractivity contribution in [3.8, 4) is 0 Å². The second-order valence-electron chi connectivity index (χ2n) is 5.54. The van der Waals surface area contributed by atoms with E-state index in [0.29, 0.717) is 6.54 Å². The summed E-state index contributed by atoms with van der Waals surface area (Å²) in [7, 11) is 1.62. The van der Waals surface area contributed by atoms with Gasteiger partial charge in [-0.1, -0.05) is 0 Å². The fraction of sp³-hybridized carbons (Fsp3) is 0.533. The maximum absolute atomic E-state index is 14.1. The number of hydrogen-bond donors (Lipinski definition) is 2. The summed E-state index contributed by atoms with van der Waals surface area (Å²) in [5, 5.41) is 12.2. The van der Waals surface area contributed by atoms with Crippen LogP contribution in [0.2, 0.25) is 0 Å². The monoisotopic (exact) mass is 313 g/mol. The van der Waals surface area contributed by atoms with Crippen molar-refractivity contribution in [3.63, 3.8) is 0 Å². The molecule has 1 fully saturated rings. The molecule has 1 saturated heterocycles. The van der Waals surface area contributed by atoms with Crippen molar-refractivity contribution in [2.75, 3.05) is 46.3 Å². The molecule has 1 aromatic carbocycles. The highest BCUT2D eigenvalue weighted by atomic mass is 19.1. The van der Waals surface area contributed by atoms with Crippen molar-refractivity contribution in [2.45, 2.75) is 6.04 Å². The highest BCUT2D eigenvalue weighted by molar-refractivity contribution is 5.69. The first kappa shape index (κ1) is 16.8. The molecule has 0 saturated carbocycles. The number of piperazine rings is 1. The van der Waals surface area contributed by atoms with E-state index in [1.54, 1.807) is 11.9 Å². The van der Waals surface area contributed by atoms with E-state index in [2.05, 4.69) is 10.2 Å². The van der Waals surface area contributed by atoms with Crippen molar-refractivity contribution >= 4 is 5.97 Å². The van der Waals surface area contributed by atoms with E-state index in [9.17, 15) is 13.6 Å². The summed E-state index contributed by atoms with van der Waals surface area (Å²) in [5.74, 6) is -2.03. The number of nitrogens with zero attached hydrogens (tertiary/aromatic N) is 2. The van der Waals surface area contributed by atoms with Crippen LogP contribution in [-0.4, -0.2) is 67.2 Å². The van der Waals surface area contributed by atoms with Crippen molar-refractivity contribution < 1.29 is 18.7 Å². The van der Waals surface area contributed by atoms with Gasteiger partial charge in [0.15, 0.2) is 0 Å². The van der Waals surface area contributed by atoms with Crippen LogP contribution in [0.25, 0.3) is 0 Å². The summed E-state index contributed by atoms with van der Waals surface area (Å²) >= 11 is 0. The number of benzene rings is 1. The van der Waals surface area contributed by atoms with Gasteiger partial charge in [0.25, 0.3) is 0 Å². The first-order valence-electron chi connectivity index (χ1n) is 7.27. The molecular weight excluding hydrogens is 292 g/mol. The van der Waals surface area contributed by atoms with Crippen LogP contribution in [0.15, 0.2) is 18.2 Å². The van der Waals surface area contributed by atoms with Crippen molar-refractivity contribution in [1.29, 1.82) is 0 Å². The van der Waals surface area contributed by atoms with E-state index >= 15 is 0 Å². The van der Waals surface area contributed by atoms with Gasteiger partial charge in [0.2, 0.25) is 0 Å². The van der Waals surface area contributed by atoms with E-state index in [-0.39, 0.29) is 12.1 Å². The van der Waals surface area contributed by atoms with E-state index in [0.717, 1.165) is 44.4 Å². The van der Waals surface area contributed by atoms with E-state index in [4.69, 9.17) is 5.11 Å². The van der Waals surface area contributed by atoms with Gasteiger partial charge in [-0.15, -0.1) is 0 Å². The van der Waals surface area contributed by atoms with Gasteiger partial charge < -0.3 is 10.4 Å². The normalized spacial score (nSPS) is 17.6. The molecule has 7 heteroatoms. The maximum Gasteiger partial charge on any atom is 0.317 e. The van der Waals surface area contributed by atoms with Crippen LogP contribution in [0, 0.1) is 11.6 Å². The quantitative estimate of drug-likeness (QED) is 0.818. The smallest absolute Gasteiger partial charge is 0.317 e. The summed E-state index contributed by atoms with van der Waals surface area (Å²) < 4.78 is 27.6. The summed E-state index contributed by atoms with van der Waals surface area (Å²) in [6, 6.07) is 2.80. The second kappa shape index (κ2) is 7.62. The highest BCUT2D eigenvalue weighted by Gasteiger charge is 2.25. The molecule has 0 aliphatic carbocycles. The van der Waals surface area contributed by atoms with Crippen LogP contribution in [0.3, 0.4) is 0 Å². The van der Waals surface area contributed by atoms with Gasteiger partial charge in [0.1, 0.15) is 11.6 Å². The topological polar surface area (TPSA) is 55.8 Å². The molecule has 1 heterocycles. The van der Waals surface area contributed by atoms with Gasteiger partial charge in [-0.2, -0.15) is 0 Å². The highest BCUT2D eigenvalue weighted by Crippen LogP contribution is 2.24. The standard InChI is InChI=1S/C15H21F2N3O2/c1-19(10-15(21)22)14(9-20-6-4-18-5-7-20)12-8-11(16)2-3-13(12)17/h2-3,8,14,18H,4-7,9-10H2,1H3,(H,21,22). The Hall–Kier alpha value is -1.57. The van der Waals surface area contributed by atoms with Crippen molar-refractivity contribution in [2.24, 2.45) is 0 Å². The molecule has 22 heavy (non-hydrogen) atoms. The lowest BCUT2D eigenvalue weighted by molar-refractivity contribution is -0.138. The number of nitrogens with one attached hydrogen (secondary N) is 1. The molecule has 1 aliphatic heterocycles. The maximum atomic E-state index is 14.1. The van der Waals surface area contributed by atoms with E-state index in [1.165, 1.54) is 0 Å². The molecule has 1 atom stereocenters. The molecule has 0 radical (unpaired) electrons. The predicted molar refractivity (Wildman–Crippen MR) is 78.7 cm³/mol. The Kier molecular flexibility index (Phi) is 5.82. The number of halogens is 2. The minimum absolute atomic E-state index is 0.197. The molecule has 0 spiro atoms. The fourth-order valence-electron chi connectivity index (χ4n) is 2.71. The van der Waals surface area contributed by atoms with Crippen LogP contribution in [0.4, 0.5) is 8.78 Å². The van der Waals surface area contributed by atoms with Crippen LogP contribution in [0.5, 0.6) is 0 Å². The zero-order valence-electron chi connectivity index (χ0n) is 12.6. The molecule has 2 N–H and O–H groups in total. The predicted octanol–water partition coefficient (Wildman–Crippen LogP) is 0.928. The molecule has 2 rings (SSSR count). The second-order valence-corrected chi connectivity index (χ2v) is 5.54. The number of hydrogen-bond acceptors (Lipinski definition) is 4. The Morgan fingerprint density at radius 3 is 2.73 bits per heavy atom. The van der Waals surface area contributed by atoms with Gasteiger partial charge >= 0.3 is 5.97 Å². The van der Waals surface area contributed by atoms with Crippen molar-refractivity contribution in [1.82, 2.24) is 15.1 Å². The first-order chi connectivity index (χ1) is 10.5. The molecule has 0 aromatic heterocycles. The average molecular weight is 313 g/mol. The van der Waals surface area contributed by atoms with Crippen molar-refractivity contribution in [3.05, 3.63) is 35.4 Å². The van der Waals surface area contributed by atoms with Crippen LogP contribution >= 0.6 is 0 Å². The average Bonchev–Trinajstić information content (AvgIpc) is 2.48. The minimum Gasteiger partial charge on any atom is -0.480 e. The van der Waals surface area contributed by atoms with E-state index in [1.807, 2.05) is 0 Å². The summed E-state index contributed by atoms with van der Waals surface area (Å²) in [5.41, 5.74) is 0.197. The van der Waals surface area contributed by atoms with Crippen LogP contribution in [0.1, 0.15) is 11.6 Å². The number of carboxylic acids is 1. The summed E-state index contributed by atoms with van der Waals surface area (Å²) in [4.78, 5) is 14.6. The van der Waals surface area contributed by atoms with Gasteiger partial charge in [-0.25, -0.2) is 8.78 Å². The summed E-state index contributed by atoms with van der Waals surface area (Å²) in [6.07, 6.45) is 0. The Bertz CT molecular complexity index is 522. The summed E-state index contributed by atoms with van der Waals surface area (Å²) in [6.45, 7) is 3.50. The molecule has 1 unspecified atom stereocenters. The minimum atomic E-state index is -0.996. The number of carbonyl (C=O) groups is 1. The third-order valence-electron chi connectivity index (χ3n) is 3.87. The van der Waals surface area contributed by atoms with E-state index < -0.39 is 23.6 Å². The molecule has 1 aromatic rings. The Labute approximate surface area is 128 Å². The third kappa shape index (κ3) is 4.46. The number of aliphatic carboxylic acids is 1. The van der Waals surface area contributed by atoms with Gasteiger partial charge in [-0.3, -0.25) is 14.6 Å². The molecule has 0 amide bonds. The third-order valence-corrected chi connectivity index (χ3v) is 3.87. The van der Waals surface area contributed by atoms with Gasteiger partial charge in [0.05, 0.1) is 12.6 Å². The Balaban J connectivity index is 2.23. The number of rotatable bonds is 6. The van der Waals surface area contributed by atoms with Crippen LogP contribution in [-0.2, 0) is 4.79 Å². The Morgan fingerprint density at radius 1 is 1.41 bits per heavy atom. The zero-order chi connectivity index (χ0) is 16.1. The van der Waals surface area contributed by atoms with Gasteiger partial charge in [0, 0.05) is 38.3 Å². The fourth-order valence-corrected chi connectivity index (χ4v) is 2.71. The molecular formula is C15H21F2N3O2. The van der Waals surface area contributed by atoms with Gasteiger partial charge in [-0.05, 0) is 25.2 Å². The lowest BCUT2D eigenvalue weighted by Crippen LogP contribution is -2.47. The molecule has 122 valence electrons. The lowest BCUT2D eigenvalue weighted by Gasteiger charge is -2.35. The molecule has 0 bridgehead atoms. The molecule has 1 aliphatic rings. The molecule has 5 nitrogen and oxygen atoms in total. The SMILES string of the molecule is CN(CC(=O)O)C(CN1CCNCC1)c1cc(F)ccc1F. The first-order valence-corrected chi connectivity index (χ1v) is 7.27. The zero-order valence-corrected chi connectivity index (χ0v) is 12.6. The number of likely N-dealkylation sites (N-methyl/N-ethyl adjacent to an activating group) is 1. The largest absolute Gasteiger partial charge is 0.480 e. The Morgan fingerprint density at radius 2 is 2.09 bits per heavy atom.